The van der Waals surface area contributed by atoms with Gasteiger partial charge in [0, 0.05) is 12.2 Å². The van der Waals surface area contributed by atoms with Gasteiger partial charge >= 0.3 is 16.4 Å². The molecule has 0 saturated carbocycles. The highest BCUT2D eigenvalue weighted by Crippen LogP contribution is 2.13. The van der Waals surface area contributed by atoms with Crippen molar-refractivity contribution in [3.63, 3.8) is 0 Å². The molecule has 0 heterocycles. The van der Waals surface area contributed by atoms with Crippen LogP contribution in [0.3, 0.4) is 0 Å². The lowest BCUT2D eigenvalue weighted by atomic mass is 10.3. The van der Waals surface area contributed by atoms with Crippen LogP contribution >= 0.6 is 0 Å². The summed E-state index contributed by atoms with van der Waals surface area (Å²) in [6.45, 7) is -0.892. The summed E-state index contributed by atoms with van der Waals surface area (Å²) in [5.41, 5.74) is 5.65. The number of para-hydroxylation sites is 1. The molecule has 0 aromatic heterocycles. The summed E-state index contributed by atoms with van der Waals surface area (Å²) in [6.07, 6.45) is 0. The fraction of sp³-hybridized carbons (Fsp3) is 0.364. The Morgan fingerprint density at radius 2 is 1.73 bits per heavy atom. The zero-order valence-electron chi connectivity index (χ0n) is 11.5. The van der Waals surface area contributed by atoms with Crippen molar-refractivity contribution in [1.29, 1.82) is 0 Å². The van der Waals surface area contributed by atoms with Gasteiger partial charge in [-0.3, -0.25) is 9.45 Å². The van der Waals surface area contributed by atoms with Gasteiger partial charge in [0.1, 0.15) is 0 Å². The minimum atomic E-state index is -4.68. The van der Waals surface area contributed by atoms with E-state index in [1.54, 1.807) is 30.3 Å². The Labute approximate surface area is 128 Å². The van der Waals surface area contributed by atoms with Gasteiger partial charge in [0.05, 0.1) is 18.1 Å². The van der Waals surface area contributed by atoms with Gasteiger partial charge in [-0.15, -0.1) is 0 Å². The van der Waals surface area contributed by atoms with Crippen molar-refractivity contribution in [3.8, 4) is 0 Å². The zero-order valence-corrected chi connectivity index (χ0v) is 13.1. The second-order valence-electron chi connectivity index (χ2n) is 4.23. The van der Waals surface area contributed by atoms with Gasteiger partial charge in [-0.2, -0.15) is 8.42 Å². The fourth-order valence-corrected chi connectivity index (χ4v) is 2.97. The summed E-state index contributed by atoms with van der Waals surface area (Å²) in [6, 6.07) is 7.44. The van der Waals surface area contributed by atoms with E-state index in [9.17, 15) is 21.6 Å². The van der Waals surface area contributed by atoms with Crippen LogP contribution in [0.15, 0.2) is 30.3 Å². The number of sulfone groups is 1. The van der Waals surface area contributed by atoms with Gasteiger partial charge < -0.3 is 5.73 Å². The van der Waals surface area contributed by atoms with Crippen molar-refractivity contribution in [2.24, 2.45) is 5.73 Å². The molecule has 1 aromatic rings. The predicted molar refractivity (Wildman–Crippen MR) is 79.5 cm³/mol. The highest BCUT2D eigenvalue weighted by atomic mass is 32.3. The van der Waals surface area contributed by atoms with Crippen molar-refractivity contribution in [1.82, 2.24) is 0 Å². The van der Waals surface area contributed by atoms with Crippen LogP contribution in [0, 0.1) is 0 Å². The van der Waals surface area contributed by atoms with Gasteiger partial charge in [-0.25, -0.2) is 17.4 Å². The average molecular weight is 352 g/mol. The lowest BCUT2D eigenvalue weighted by Gasteiger charge is -2.20. The van der Waals surface area contributed by atoms with Crippen LogP contribution < -0.4 is 10.6 Å². The van der Waals surface area contributed by atoms with Crippen molar-refractivity contribution in [2.45, 2.75) is 0 Å². The first-order chi connectivity index (χ1) is 10.1. The number of urea groups is 1. The van der Waals surface area contributed by atoms with Crippen molar-refractivity contribution in [2.75, 3.05) is 29.6 Å². The largest absolute Gasteiger partial charge is 0.397 e. The predicted octanol–water partition coefficient (Wildman–Crippen LogP) is -0.194. The summed E-state index contributed by atoms with van der Waals surface area (Å²) < 4.78 is 56.4. The number of hydrogen-bond donors (Lipinski definition) is 2. The highest BCUT2D eigenvalue weighted by Gasteiger charge is 2.18. The number of nitrogens with two attached hydrogens (primary N) is 1. The van der Waals surface area contributed by atoms with E-state index in [0.717, 1.165) is 4.90 Å². The van der Waals surface area contributed by atoms with Crippen LogP contribution in [0.5, 0.6) is 0 Å². The molecule has 0 radical (unpaired) electrons. The molecule has 124 valence electrons. The summed E-state index contributed by atoms with van der Waals surface area (Å²) in [4.78, 5) is 12.5. The van der Waals surface area contributed by atoms with Crippen LogP contribution in [0.25, 0.3) is 0 Å². The Morgan fingerprint density at radius 3 is 2.23 bits per heavy atom. The molecule has 22 heavy (non-hydrogen) atoms. The van der Waals surface area contributed by atoms with E-state index in [0.29, 0.717) is 5.69 Å². The maximum absolute atomic E-state index is 11.7. The molecule has 0 spiro atoms. The molecule has 2 amide bonds. The quantitative estimate of drug-likeness (QED) is 0.617. The third kappa shape index (κ3) is 6.85. The Balaban J connectivity index is 2.63. The summed E-state index contributed by atoms with van der Waals surface area (Å²) in [5, 5.41) is 0. The van der Waals surface area contributed by atoms with Crippen molar-refractivity contribution < 1.29 is 30.4 Å². The molecule has 0 aliphatic heterocycles. The molecule has 1 aromatic carbocycles. The summed E-state index contributed by atoms with van der Waals surface area (Å²) >= 11 is 0. The number of anilines is 1. The molecule has 3 N–H and O–H groups in total. The SMILES string of the molecule is NC(=O)N(CCS(=O)(=O)CCOS(=O)(=O)O)c1ccccc1. The van der Waals surface area contributed by atoms with Crippen LogP contribution in [-0.2, 0) is 24.4 Å². The van der Waals surface area contributed by atoms with Crippen LogP contribution in [0.1, 0.15) is 0 Å². The topological polar surface area (TPSA) is 144 Å². The molecule has 0 bridgehead atoms. The van der Waals surface area contributed by atoms with Gasteiger partial charge in [-0.1, -0.05) is 18.2 Å². The second-order valence-corrected chi connectivity index (χ2v) is 7.62. The Kier molecular flexibility index (Phi) is 6.29. The van der Waals surface area contributed by atoms with E-state index in [1.807, 2.05) is 0 Å². The highest BCUT2D eigenvalue weighted by molar-refractivity contribution is 7.91. The van der Waals surface area contributed by atoms with Gasteiger partial charge in [-0.05, 0) is 12.1 Å². The standard InChI is InChI=1S/C11H16N2O7S2/c12-11(14)13(10-4-2-1-3-5-10)6-8-21(15,16)9-7-20-22(17,18)19/h1-5H,6-9H2,(H2,12,14)(H,17,18,19). The van der Waals surface area contributed by atoms with Crippen molar-refractivity contribution >= 4 is 32.0 Å². The summed E-state index contributed by atoms with van der Waals surface area (Å²) in [5.74, 6) is -1.05. The first-order valence-corrected chi connectivity index (χ1v) is 9.24. The number of primary amides is 1. The van der Waals surface area contributed by atoms with E-state index in [-0.39, 0.29) is 6.54 Å². The fourth-order valence-electron chi connectivity index (χ4n) is 1.57. The third-order valence-electron chi connectivity index (χ3n) is 2.59. The Hall–Kier alpha value is -1.69. The summed E-state index contributed by atoms with van der Waals surface area (Å²) in [7, 11) is -8.37. The van der Waals surface area contributed by atoms with Crippen LogP contribution in [0.2, 0.25) is 0 Å². The van der Waals surface area contributed by atoms with E-state index >= 15 is 0 Å². The number of hydrogen-bond acceptors (Lipinski definition) is 6. The first-order valence-electron chi connectivity index (χ1n) is 6.05. The molecule has 0 aliphatic carbocycles. The van der Waals surface area contributed by atoms with E-state index in [1.165, 1.54) is 0 Å². The molecule has 9 nitrogen and oxygen atoms in total. The minimum Gasteiger partial charge on any atom is -0.351 e. The van der Waals surface area contributed by atoms with E-state index < -0.39 is 44.4 Å². The monoisotopic (exact) mass is 352 g/mol. The number of benzene rings is 1. The van der Waals surface area contributed by atoms with Crippen LogP contribution in [0.4, 0.5) is 10.5 Å². The molecule has 0 fully saturated rings. The maximum Gasteiger partial charge on any atom is 0.397 e. The number of amides is 2. The molecule has 0 unspecified atom stereocenters. The second kappa shape index (κ2) is 7.54. The lowest BCUT2D eigenvalue weighted by Crippen LogP contribution is -2.39. The maximum atomic E-state index is 11.7. The molecule has 11 heteroatoms. The smallest absolute Gasteiger partial charge is 0.351 e. The lowest BCUT2D eigenvalue weighted by molar-refractivity contribution is 0.254. The number of carbonyl (C=O) groups excluding carboxylic acids is 1. The minimum absolute atomic E-state index is 0.187. The number of rotatable bonds is 8. The van der Waals surface area contributed by atoms with Crippen molar-refractivity contribution in [3.05, 3.63) is 30.3 Å². The van der Waals surface area contributed by atoms with Crippen LogP contribution in [-0.4, -0.2) is 52.1 Å². The molecular formula is C11H16N2O7S2. The van der Waals surface area contributed by atoms with Gasteiger partial charge in [0.25, 0.3) is 0 Å². The Morgan fingerprint density at radius 1 is 1.14 bits per heavy atom. The van der Waals surface area contributed by atoms with Gasteiger partial charge in [0.15, 0.2) is 9.84 Å². The van der Waals surface area contributed by atoms with E-state index in [4.69, 9.17) is 10.3 Å². The van der Waals surface area contributed by atoms with Gasteiger partial charge in [0.2, 0.25) is 0 Å². The number of carbonyl (C=O) groups is 1. The molecule has 0 aliphatic rings. The molecule has 0 saturated heterocycles. The molecule has 1 rings (SSSR count). The van der Waals surface area contributed by atoms with E-state index in [2.05, 4.69) is 4.18 Å². The third-order valence-corrected chi connectivity index (χ3v) is 4.64. The number of nitrogens with zero attached hydrogens (tertiary/aromatic N) is 1. The molecule has 0 atom stereocenters. The normalized spacial score (nSPS) is 12.0. The Bertz CT molecular complexity index is 701. The first kappa shape index (κ1) is 18.4. The average Bonchev–Trinajstić information content (AvgIpc) is 2.37. The molecular weight excluding hydrogens is 336 g/mol. The zero-order chi connectivity index (χ0) is 16.8.